The lowest BCUT2D eigenvalue weighted by Gasteiger charge is -2.00. The summed E-state index contributed by atoms with van der Waals surface area (Å²) in [6, 6.07) is 0. The largest absolute Gasteiger partial charge is 0.466 e. The fraction of sp³-hybridized carbons (Fsp3) is 0.800. The van der Waals surface area contributed by atoms with Gasteiger partial charge in [-0.15, -0.1) is 0 Å². The molecule has 1 unspecified atom stereocenters. The van der Waals surface area contributed by atoms with Crippen molar-refractivity contribution in [1.29, 1.82) is 0 Å². The van der Waals surface area contributed by atoms with Crippen molar-refractivity contribution < 1.29 is 19.1 Å². The molecule has 0 amide bonds. The summed E-state index contributed by atoms with van der Waals surface area (Å²) in [7, 11) is 0. The van der Waals surface area contributed by atoms with Gasteiger partial charge >= 0.3 is 11.9 Å². The van der Waals surface area contributed by atoms with Crippen LogP contribution in [-0.4, -0.2) is 31.7 Å². The molecular weight excluding hydrogens is 226 g/mol. The lowest BCUT2D eigenvalue weighted by molar-refractivity contribution is -0.150. The summed E-state index contributed by atoms with van der Waals surface area (Å²) in [5, 5.41) is 3.38. The van der Waals surface area contributed by atoms with E-state index < -0.39 is 23.8 Å². The smallest absolute Gasteiger partial charge is 0.310 e. The van der Waals surface area contributed by atoms with Gasteiger partial charge in [0.05, 0.1) is 25.0 Å². The predicted octanol–water partition coefficient (Wildman–Crippen LogP) is 1.29. The normalized spacial score (nSPS) is 25.6. The Morgan fingerprint density at radius 2 is 1.65 bits per heavy atom. The van der Waals surface area contributed by atoms with Crippen LogP contribution in [0.15, 0.2) is 5.11 Å². The standard InChI is InChI=1S/C10H15N3O4/c1-3-16-9(14)7-6(5-12-13-11)8(7)10(15)17-4-2/h6-8H,3-5H2,1-2H3/t6?,7-,8+. The number of hydrogen-bond acceptors (Lipinski definition) is 5. The topological polar surface area (TPSA) is 101 Å². The Balaban J connectivity index is 2.63. The molecule has 0 bridgehead atoms. The molecule has 0 aromatic carbocycles. The van der Waals surface area contributed by atoms with E-state index in [9.17, 15) is 9.59 Å². The minimum atomic E-state index is -0.528. The fourth-order valence-corrected chi connectivity index (χ4v) is 1.85. The summed E-state index contributed by atoms with van der Waals surface area (Å²) in [6.45, 7) is 4.03. The number of hydrogen-bond donors (Lipinski definition) is 0. The van der Waals surface area contributed by atoms with Gasteiger partial charge in [-0.05, 0) is 25.3 Å². The minimum absolute atomic E-state index is 0.115. The molecule has 1 rings (SSSR count). The number of carbonyl (C=O) groups excluding carboxylic acids is 2. The first-order chi connectivity index (χ1) is 8.17. The van der Waals surface area contributed by atoms with Crippen LogP contribution in [0.25, 0.3) is 10.4 Å². The number of rotatable bonds is 6. The Kier molecular flexibility index (Phi) is 4.78. The highest BCUT2D eigenvalue weighted by atomic mass is 16.5. The fourth-order valence-electron chi connectivity index (χ4n) is 1.85. The van der Waals surface area contributed by atoms with Crippen molar-refractivity contribution in [2.45, 2.75) is 13.8 Å². The Morgan fingerprint density at radius 1 is 1.18 bits per heavy atom. The summed E-state index contributed by atoms with van der Waals surface area (Å²) >= 11 is 0. The second-order valence-corrected chi connectivity index (χ2v) is 3.63. The van der Waals surface area contributed by atoms with Crippen LogP contribution in [0.3, 0.4) is 0 Å². The van der Waals surface area contributed by atoms with E-state index >= 15 is 0 Å². The van der Waals surface area contributed by atoms with Gasteiger partial charge in [-0.25, -0.2) is 0 Å². The molecule has 0 N–H and O–H groups in total. The van der Waals surface area contributed by atoms with Gasteiger partial charge in [0, 0.05) is 11.5 Å². The van der Waals surface area contributed by atoms with E-state index in [2.05, 4.69) is 10.0 Å². The molecule has 1 aliphatic carbocycles. The van der Waals surface area contributed by atoms with E-state index in [0.717, 1.165) is 0 Å². The maximum atomic E-state index is 11.5. The number of esters is 2. The zero-order valence-electron chi connectivity index (χ0n) is 9.83. The molecule has 7 heteroatoms. The molecule has 0 aromatic heterocycles. The van der Waals surface area contributed by atoms with Crippen LogP contribution < -0.4 is 0 Å². The molecule has 7 nitrogen and oxygen atoms in total. The van der Waals surface area contributed by atoms with Gasteiger partial charge in [0.25, 0.3) is 0 Å². The first-order valence-corrected chi connectivity index (χ1v) is 5.51. The number of nitrogens with zero attached hydrogens (tertiary/aromatic N) is 3. The minimum Gasteiger partial charge on any atom is -0.466 e. The summed E-state index contributed by atoms with van der Waals surface area (Å²) in [4.78, 5) is 25.7. The molecule has 0 spiro atoms. The van der Waals surface area contributed by atoms with Crippen molar-refractivity contribution in [2.24, 2.45) is 22.9 Å². The third-order valence-electron chi connectivity index (χ3n) is 2.64. The number of azide groups is 1. The van der Waals surface area contributed by atoms with Crippen molar-refractivity contribution in [3.05, 3.63) is 10.4 Å². The molecule has 1 saturated carbocycles. The lowest BCUT2D eigenvalue weighted by Crippen LogP contribution is -2.13. The highest BCUT2D eigenvalue weighted by Gasteiger charge is 2.60. The molecule has 3 atom stereocenters. The van der Waals surface area contributed by atoms with Crippen LogP contribution in [0.4, 0.5) is 0 Å². The van der Waals surface area contributed by atoms with Gasteiger partial charge in [-0.2, -0.15) is 0 Å². The molecule has 1 fully saturated rings. The Bertz CT molecular complexity index is 327. The maximum absolute atomic E-state index is 11.5. The average Bonchev–Trinajstić information content (AvgIpc) is 3.01. The van der Waals surface area contributed by atoms with Crippen molar-refractivity contribution in [3.8, 4) is 0 Å². The van der Waals surface area contributed by atoms with Gasteiger partial charge in [0.2, 0.25) is 0 Å². The highest BCUT2D eigenvalue weighted by Crippen LogP contribution is 2.48. The molecule has 0 saturated heterocycles. The Hall–Kier alpha value is -1.75. The molecule has 0 aromatic rings. The zero-order chi connectivity index (χ0) is 12.8. The van der Waals surface area contributed by atoms with Gasteiger partial charge in [-0.3, -0.25) is 9.59 Å². The quantitative estimate of drug-likeness (QED) is 0.302. The van der Waals surface area contributed by atoms with Gasteiger partial charge < -0.3 is 9.47 Å². The molecule has 0 heterocycles. The van der Waals surface area contributed by atoms with E-state index in [-0.39, 0.29) is 25.7 Å². The Morgan fingerprint density at radius 3 is 2.00 bits per heavy atom. The van der Waals surface area contributed by atoms with E-state index in [0.29, 0.717) is 0 Å². The monoisotopic (exact) mass is 241 g/mol. The summed E-state index contributed by atoms with van der Waals surface area (Å²) in [6.07, 6.45) is 0. The molecule has 1 aliphatic rings. The van der Waals surface area contributed by atoms with Gasteiger partial charge in [0.15, 0.2) is 0 Å². The van der Waals surface area contributed by atoms with Crippen LogP contribution >= 0.6 is 0 Å². The number of ether oxygens (including phenoxy) is 2. The Labute approximate surface area is 98.7 Å². The van der Waals surface area contributed by atoms with Crippen LogP contribution in [0.2, 0.25) is 0 Å². The van der Waals surface area contributed by atoms with Crippen LogP contribution in [0.1, 0.15) is 13.8 Å². The predicted molar refractivity (Wildman–Crippen MR) is 57.7 cm³/mol. The van der Waals surface area contributed by atoms with Crippen LogP contribution in [0.5, 0.6) is 0 Å². The summed E-state index contributed by atoms with van der Waals surface area (Å²) in [5.74, 6) is -2.20. The average molecular weight is 241 g/mol. The first kappa shape index (κ1) is 13.3. The molecule has 94 valence electrons. The lowest BCUT2D eigenvalue weighted by atomic mass is 10.3. The van der Waals surface area contributed by atoms with Crippen molar-refractivity contribution in [1.82, 2.24) is 0 Å². The van der Waals surface area contributed by atoms with Crippen molar-refractivity contribution in [3.63, 3.8) is 0 Å². The third-order valence-corrected chi connectivity index (χ3v) is 2.64. The SMILES string of the molecule is CCOC(=O)[C@@H]1C(CN=[N+]=[N-])[C@@H]1C(=O)OCC. The third kappa shape index (κ3) is 3.10. The molecule has 17 heavy (non-hydrogen) atoms. The van der Waals surface area contributed by atoms with Crippen molar-refractivity contribution in [2.75, 3.05) is 19.8 Å². The second kappa shape index (κ2) is 6.10. The number of carbonyl (C=O) groups is 2. The van der Waals surface area contributed by atoms with Crippen molar-refractivity contribution >= 4 is 11.9 Å². The molecular formula is C10H15N3O4. The van der Waals surface area contributed by atoms with Crippen LogP contribution in [0, 0.1) is 17.8 Å². The molecule has 0 aliphatic heterocycles. The summed E-state index contributed by atoms with van der Waals surface area (Å²) in [5.41, 5.74) is 8.23. The van der Waals surface area contributed by atoms with E-state index in [4.69, 9.17) is 15.0 Å². The van der Waals surface area contributed by atoms with E-state index in [1.807, 2.05) is 0 Å². The summed E-state index contributed by atoms with van der Waals surface area (Å²) < 4.78 is 9.71. The first-order valence-electron chi connectivity index (χ1n) is 5.51. The van der Waals surface area contributed by atoms with Crippen LogP contribution in [-0.2, 0) is 19.1 Å². The van der Waals surface area contributed by atoms with E-state index in [1.54, 1.807) is 13.8 Å². The maximum Gasteiger partial charge on any atom is 0.310 e. The second-order valence-electron chi connectivity index (χ2n) is 3.63. The van der Waals surface area contributed by atoms with E-state index in [1.165, 1.54) is 0 Å². The molecule has 0 radical (unpaired) electrons. The van der Waals surface area contributed by atoms with Gasteiger partial charge in [-0.1, -0.05) is 5.11 Å². The zero-order valence-corrected chi connectivity index (χ0v) is 9.83. The van der Waals surface area contributed by atoms with Gasteiger partial charge in [0.1, 0.15) is 0 Å². The highest BCUT2D eigenvalue weighted by molar-refractivity contribution is 5.88.